The van der Waals surface area contributed by atoms with Crippen LogP contribution in [0.5, 0.6) is 5.75 Å². The van der Waals surface area contributed by atoms with Gasteiger partial charge in [-0.15, -0.1) is 0 Å². The fourth-order valence-electron chi connectivity index (χ4n) is 2.91. The average molecular weight is 355 g/mol. The van der Waals surface area contributed by atoms with Crippen molar-refractivity contribution in [3.63, 3.8) is 0 Å². The minimum atomic E-state index is -0.450. The number of hydrogen-bond acceptors (Lipinski definition) is 7. The first-order valence-electron chi connectivity index (χ1n) is 8.38. The molecule has 134 valence electrons. The lowest BCUT2D eigenvalue weighted by molar-refractivity contribution is 0.386. The molecule has 0 radical (unpaired) electrons. The quantitative estimate of drug-likeness (QED) is 0.749. The maximum Gasteiger partial charge on any atom is 0.230 e. The van der Waals surface area contributed by atoms with Crippen molar-refractivity contribution < 1.29 is 13.7 Å². The number of anilines is 3. The fraction of sp³-hybridized carbons (Fsp3) is 0.278. The van der Waals surface area contributed by atoms with Gasteiger partial charge >= 0.3 is 0 Å². The van der Waals surface area contributed by atoms with E-state index in [1.807, 2.05) is 0 Å². The molecule has 0 atom stereocenters. The zero-order valence-corrected chi connectivity index (χ0v) is 14.3. The second-order valence-electron chi connectivity index (χ2n) is 5.99. The summed E-state index contributed by atoms with van der Waals surface area (Å²) < 4.78 is 24.1. The Bertz CT molecular complexity index is 908. The number of ether oxygens (including phenoxy) is 1. The number of aromatic nitrogens is 3. The Kier molecular flexibility index (Phi) is 4.39. The molecule has 3 aromatic rings. The number of methoxy groups -OCH3 is 1. The number of hydrogen-bond donors (Lipinski definition) is 1. The number of benzene rings is 1. The number of rotatable bonds is 5. The van der Waals surface area contributed by atoms with Gasteiger partial charge in [-0.2, -0.15) is 4.98 Å². The van der Waals surface area contributed by atoms with Crippen molar-refractivity contribution in [1.29, 1.82) is 0 Å². The molecule has 8 heteroatoms. The largest absolute Gasteiger partial charge is 0.494 e. The molecule has 1 aliphatic heterocycles. The molecule has 7 nitrogen and oxygen atoms in total. The molecular formula is C18H18FN5O2. The van der Waals surface area contributed by atoms with E-state index in [1.165, 1.54) is 13.2 Å². The zero-order valence-electron chi connectivity index (χ0n) is 14.3. The van der Waals surface area contributed by atoms with Crippen molar-refractivity contribution in [2.24, 2.45) is 0 Å². The molecular weight excluding hydrogens is 337 g/mol. The summed E-state index contributed by atoms with van der Waals surface area (Å²) >= 11 is 0. The molecule has 0 aliphatic carbocycles. The summed E-state index contributed by atoms with van der Waals surface area (Å²) in [4.78, 5) is 11.0. The SMILES string of the molecule is COc1ccc(-c2cc(Nc3ccnc(N4CCCC4)n3)on2)cc1F. The van der Waals surface area contributed by atoms with Gasteiger partial charge in [0, 0.05) is 30.9 Å². The standard InChI is InChI=1S/C18H18FN5O2/c1-25-15-5-4-12(10-13(15)19)14-11-17(26-23-14)21-16-6-7-20-18(22-16)24-8-2-3-9-24/h4-7,10-11H,2-3,8-9H2,1H3,(H,20,21,22). The summed E-state index contributed by atoms with van der Waals surface area (Å²) in [7, 11) is 1.42. The van der Waals surface area contributed by atoms with E-state index < -0.39 is 5.82 Å². The zero-order chi connectivity index (χ0) is 17.9. The molecule has 1 aliphatic rings. The highest BCUT2D eigenvalue weighted by Crippen LogP contribution is 2.27. The molecule has 0 amide bonds. The molecule has 1 saturated heterocycles. The van der Waals surface area contributed by atoms with Crippen LogP contribution < -0.4 is 15.0 Å². The Morgan fingerprint density at radius 2 is 2.04 bits per heavy atom. The third-order valence-corrected chi connectivity index (χ3v) is 4.24. The van der Waals surface area contributed by atoms with Crippen LogP contribution in [0.15, 0.2) is 41.1 Å². The van der Waals surface area contributed by atoms with Crippen molar-refractivity contribution in [1.82, 2.24) is 15.1 Å². The van der Waals surface area contributed by atoms with Gasteiger partial charge in [0.05, 0.1) is 7.11 Å². The van der Waals surface area contributed by atoms with Gasteiger partial charge in [-0.05, 0) is 37.1 Å². The van der Waals surface area contributed by atoms with E-state index in [2.05, 4.69) is 25.3 Å². The van der Waals surface area contributed by atoms with Crippen molar-refractivity contribution in [3.05, 3.63) is 42.3 Å². The Balaban J connectivity index is 1.52. The van der Waals surface area contributed by atoms with E-state index in [0.29, 0.717) is 28.9 Å². The van der Waals surface area contributed by atoms with E-state index in [4.69, 9.17) is 9.26 Å². The van der Waals surface area contributed by atoms with Gasteiger partial charge < -0.3 is 19.5 Å². The molecule has 0 spiro atoms. The van der Waals surface area contributed by atoms with Crippen LogP contribution in [-0.4, -0.2) is 35.3 Å². The van der Waals surface area contributed by atoms with Gasteiger partial charge in [-0.25, -0.2) is 9.37 Å². The number of nitrogens with one attached hydrogen (secondary N) is 1. The molecule has 0 unspecified atom stereocenters. The van der Waals surface area contributed by atoms with Gasteiger partial charge in [-0.1, -0.05) is 5.16 Å². The highest BCUT2D eigenvalue weighted by atomic mass is 19.1. The highest BCUT2D eigenvalue weighted by Gasteiger charge is 2.16. The normalized spacial score (nSPS) is 13.8. The molecule has 1 fully saturated rings. The molecule has 1 N–H and O–H groups in total. The summed E-state index contributed by atoms with van der Waals surface area (Å²) in [5.41, 5.74) is 1.11. The van der Waals surface area contributed by atoms with Gasteiger partial charge in [0.25, 0.3) is 0 Å². The summed E-state index contributed by atoms with van der Waals surface area (Å²) in [6.45, 7) is 1.94. The summed E-state index contributed by atoms with van der Waals surface area (Å²) in [6, 6.07) is 8.09. The summed E-state index contributed by atoms with van der Waals surface area (Å²) in [6.07, 6.45) is 4.02. The Morgan fingerprint density at radius 1 is 1.19 bits per heavy atom. The predicted octanol–water partition coefficient (Wildman–Crippen LogP) is 3.62. The Hall–Kier alpha value is -3.16. The minimum absolute atomic E-state index is 0.186. The topological polar surface area (TPSA) is 76.3 Å². The molecule has 3 heterocycles. The maximum atomic E-state index is 13.9. The number of halogens is 1. The summed E-state index contributed by atoms with van der Waals surface area (Å²) in [5, 5.41) is 7.05. The second kappa shape index (κ2) is 6.99. The van der Waals surface area contributed by atoms with Crippen molar-refractivity contribution in [2.75, 3.05) is 30.4 Å². The van der Waals surface area contributed by atoms with E-state index in [9.17, 15) is 4.39 Å². The average Bonchev–Trinajstić information content (AvgIpc) is 3.34. The smallest absolute Gasteiger partial charge is 0.230 e. The van der Waals surface area contributed by atoms with Crippen LogP contribution in [0.3, 0.4) is 0 Å². The first kappa shape index (κ1) is 16.3. The van der Waals surface area contributed by atoms with Crippen molar-refractivity contribution in [2.45, 2.75) is 12.8 Å². The van der Waals surface area contributed by atoms with Crippen LogP contribution >= 0.6 is 0 Å². The van der Waals surface area contributed by atoms with Crippen molar-refractivity contribution >= 4 is 17.7 Å². The predicted molar refractivity (Wildman–Crippen MR) is 95.2 cm³/mol. The molecule has 0 saturated carbocycles. The van der Waals surface area contributed by atoms with Crippen LogP contribution in [0, 0.1) is 5.82 Å². The Labute approximate surface area is 149 Å². The van der Waals surface area contributed by atoms with E-state index >= 15 is 0 Å². The van der Waals surface area contributed by atoms with Crippen LogP contribution in [0.2, 0.25) is 0 Å². The lowest BCUT2D eigenvalue weighted by Gasteiger charge is -2.15. The first-order valence-corrected chi connectivity index (χ1v) is 8.38. The molecule has 26 heavy (non-hydrogen) atoms. The monoisotopic (exact) mass is 355 g/mol. The van der Waals surface area contributed by atoms with Crippen molar-refractivity contribution in [3.8, 4) is 17.0 Å². The molecule has 2 aromatic heterocycles. The number of nitrogens with zero attached hydrogens (tertiary/aromatic N) is 4. The van der Waals surface area contributed by atoms with E-state index in [-0.39, 0.29) is 5.75 Å². The van der Waals surface area contributed by atoms with Crippen LogP contribution in [0.4, 0.5) is 22.0 Å². The summed E-state index contributed by atoms with van der Waals surface area (Å²) in [5.74, 6) is 1.47. The fourth-order valence-corrected chi connectivity index (χ4v) is 2.91. The van der Waals surface area contributed by atoms with Crippen LogP contribution in [0.1, 0.15) is 12.8 Å². The molecule has 1 aromatic carbocycles. The van der Waals surface area contributed by atoms with Gasteiger partial charge in [0.1, 0.15) is 11.5 Å². The van der Waals surface area contributed by atoms with Crippen LogP contribution in [0.25, 0.3) is 11.3 Å². The molecule has 0 bridgehead atoms. The first-order chi connectivity index (χ1) is 12.7. The van der Waals surface area contributed by atoms with E-state index in [0.717, 1.165) is 25.9 Å². The van der Waals surface area contributed by atoms with Gasteiger partial charge in [0.2, 0.25) is 11.8 Å². The Morgan fingerprint density at radius 3 is 2.81 bits per heavy atom. The third kappa shape index (κ3) is 3.30. The maximum absolute atomic E-state index is 13.9. The van der Waals surface area contributed by atoms with Gasteiger partial charge in [-0.3, -0.25) is 0 Å². The third-order valence-electron chi connectivity index (χ3n) is 4.24. The van der Waals surface area contributed by atoms with Gasteiger partial charge in [0.15, 0.2) is 11.6 Å². The van der Waals surface area contributed by atoms with Crippen LogP contribution in [-0.2, 0) is 0 Å². The lowest BCUT2D eigenvalue weighted by atomic mass is 10.1. The van der Waals surface area contributed by atoms with E-state index in [1.54, 1.807) is 30.5 Å². The highest BCUT2D eigenvalue weighted by molar-refractivity contribution is 5.64. The second-order valence-corrected chi connectivity index (χ2v) is 5.99. The molecule has 4 rings (SSSR count). The lowest BCUT2D eigenvalue weighted by Crippen LogP contribution is -2.20. The minimum Gasteiger partial charge on any atom is -0.494 e.